The molecule has 0 saturated heterocycles. The van der Waals surface area contributed by atoms with Crippen LogP contribution in [0.1, 0.15) is 16.2 Å². The Morgan fingerprint density at radius 1 is 1.37 bits per heavy atom. The molecule has 1 aromatic heterocycles. The fourth-order valence-corrected chi connectivity index (χ4v) is 1.93. The van der Waals surface area contributed by atoms with E-state index in [9.17, 15) is 4.79 Å². The maximum absolute atomic E-state index is 12.2. The van der Waals surface area contributed by atoms with E-state index in [2.05, 4.69) is 15.4 Å². The molecule has 0 spiro atoms. The second-order valence-electron chi connectivity index (χ2n) is 4.12. The fourth-order valence-electron chi connectivity index (χ4n) is 1.93. The summed E-state index contributed by atoms with van der Waals surface area (Å²) in [7, 11) is 1.66. The summed E-state index contributed by atoms with van der Waals surface area (Å²) in [5.74, 6) is 1.38. The van der Waals surface area contributed by atoms with Crippen LogP contribution in [0.5, 0.6) is 11.5 Å². The van der Waals surface area contributed by atoms with Gasteiger partial charge in [0.25, 0.3) is 0 Å². The first-order valence-corrected chi connectivity index (χ1v) is 5.89. The van der Waals surface area contributed by atoms with E-state index in [1.54, 1.807) is 25.2 Å². The number of carbonyl (C=O) groups is 1. The lowest BCUT2D eigenvalue weighted by atomic mass is 10.1. The zero-order valence-corrected chi connectivity index (χ0v) is 10.4. The Hall–Kier alpha value is -2.44. The molecule has 0 saturated carbocycles. The second-order valence-corrected chi connectivity index (χ2v) is 4.12. The van der Waals surface area contributed by atoms with Crippen molar-refractivity contribution in [2.45, 2.75) is 6.42 Å². The largest absolute Gasteiger partial charge is 0.486 e. The standard InChI is InChI=1S/C12H12N4O3/c1-16-14-11(13-15-16)7-9(17)8-3-2-4-10-12(8)19-6-5-18-10/h2-4H,5-7H2,1H3. The fraction of sp³-hybridized carbons (Fsp3) is 0.333. The van der Waals surface area contributed by atoms with Gasteiger partial charge in [-0.05, 0) is 17.3 Å². The topological polar surface area (TPSA) is 79.1 Å². The van der Waals surface area contributed by atoms with E-state index in [1.807, 2.05) is 0 Å². The molecule has 0 fully saturated rings. The van der Waals surface area contributed by atoms with Crippen LogP contribution in [0.4, 0.5) is 0 Å². The van der Waals surface area contributed by atoms with Crippen LogP contribution in [0.2, 0.25) is 0 Å². The van der Waals surface area contributed by atoms with Crippen LogP contribution in [0.15, 0.2) is 18.2 Å². The Balaban J connectivity index is 1.87. The lowest BCUT2D eigenvalue weighted by molar-refractivity contribution is 0.0979. The van der Waals surface area contributed by atoms with Gasteiger partial charge in [0.1, 0.15) is 13.2 Å². The molecule has 1 aliphatic rings. The Kier molecular flexibility index (Phi) is 2.86. The Bertz CT molecular complexity index is 623. The van der Waals surface area contributed by atoms with Gasteiger partial charge in [-0.15, -0.1) is 10.2 Å². The third-order valence-electron chi connectivity index (χ3n) is 2.74. The molecule has 2 aromatic rings. The number of tetrazole rings is 1. The molecule has 19 heavy (non-hydrogen) atoms. The zero-order valence-electron chi connectivity index (χ0n) is 10.4. The van der Waals surface area contributed by atoms with Crippen molar-refractivity contribution in [3.05, 3.63) is 29.6 Å². The number of hydrogen-bond acceptors (Lipinski definition) is 6. The summed E-state index contributed by atoms with van der Waals surface area (Å²) in [5, 5.41) is 11.5. The molecule has 0 atom stereocenters. The third kappa shape index (κ3) is 2.26. The third-order valence-corrected chi connectivity index (χ3v) is 2.74. The van der Waals surface area contributed by atoms with Gasteiger partial charge in [-0.25, -0.2) is 0 Å². The Labute approximate surface area is 109 Å². The van der Waals surface area contributed by atoms with Gasteiger partial charge in [-0.3, -0.25) is 4.79 Å². The lowest BCUT2D eigenvalue weighted by Gasteiger charge is -2.20. The summed E-state index contributed by atoms with van der Waals surface area (Å²) in [4.78, 5) is 13.6. The van der Waals surface area contributed by atoms with E-state index >= 15 is 0 Å². The highest BCUT2D eigenvalue weighted by Crippen LogP contribution is 2.34. The number of ether oxygens (including phenoxy) is 2. The number of Topliss-reactive ketones (excluding diaryl/α,β-unsaturated/α-hetero) is 1. The smallest absolute Gasteiger partial charge is 0.182 e. The van der Waals surface area contributed by atoms with Gasteiger partial charge in [0, 0.05) is 0 Å². The SMILES string of the molecule is Cn1nnc(CC(=O)c2cccc3c2OCCO3)n1. The molecule has 7 nitrogen and oxygen atoms in total. The number of fused-ring (bicyclic) bond motifs is 1. The summed E-state index contributed by atoms with van der Waals surface area (Å²) >= 11 is 0. The first kappa shape index (κ1) is 11.6. The van der Waals surface area contributed by atoms with Crippen molar-refractivity contribution in [2.75, 3.05) is 13.2 Å². The minimum absolute atomic E-state index is 0.0909. The molecule has 98 valence electrons. The van der Waals surface area contributed by atoms with Crippen LogP contribution in [-0.2, 0) is 13.5 Å². The van der Waals surface area contributed by atoms with E-state index in [0.717, 1.165) is 0 Å². The van der Waals surface area contributed by atoms with Gasteiger partial charge in [0.2, 0.25) is 0 Å². The number of nitrogens with zero attached hydrogens (tertiary/aromatic N) is 4. The van der Waals surface area contributed by atoms with Gasteiger partial charge in [0.05, 0.1) is 19.0 Å². The van der Waals surface area contributed by atoms with Gasteiger partial charge in [-0.1, -0.05) is 6.07 Å². The van der Waals surface area contributed by atoms with Crippen molar-refractivity contribution in [3.63, 3.8) is 0 Å². The highest BCUT2D eigenvalue weighted by Gasteiger charge is 2.21. The van der Waals surface area contributed by atoms with E-state index in [1.165, 1.54) is 4.80 Å². The number of aryl methyl sites for hydroxylation is 1. The molecular formula is C12H12N4O3. The molecule has 1 aromatic carbocycles. The summed E-state index contributed by atoms with van der Waals surface area (Å²) in [6.45, 7) is 0.942. The maximum atomic E-state index is 12.2. The normalized spacial score (nSPS) is 13.3. The minimum Gasteiger partial charge on any atom is -0.486 e. The monoisotopic (exact) mass is 260 g/mol. The molecule has 7 heteroatoms. The molecule has 1 aliphatic heterocycles. The predicted octanol–water partition coefficient (Wildman–Crippen LogP) is 0.407. The maximum Gasteiger partial charge on any atom is 0.182 e. The minimum atomic E-state index is -0.115. The highest BCUT2D eigenvalue weighted by molar-refractivity contribution is 6.00. The number of ketones is 1. The highest BCUT2D eigenvalue weighted by atomic mass is 16.6. The summed E-state index contributed by atoms with van der Waals surface area (Å²) in [6.07, 6.45) is 0.0909. The van der Waals surface area contributed by atoms with Crippen molar-refractivity contribution < 1.29 is 14.3 Å². The molecular weight excluding hydrogens is 248 g/mol. The van der Waals surface area contributed by atoms with E-state index in [0.29, 0.717) is 36.1 Å². The number of benzene rings is 1. The van der Waals surface area contributed by atoms with Crippen LogP contribution in [-0.4, -0.2) is 39.2 Å². The van der Waals surface area contributed by atoms with Crippen LogP contribution < -0.4 is 9.47 Å². The van der Waals surface area contributed by atoms with E-state index < -0.39 is 0 Å². The van der Waals surface area contributed by atoms with Crippen LogP contribution in [0.25, 0.3) is 0 Å². The summed E-state index contributed by atoms with van der Waals surface area (Å²) in [6, 6.07) is 5.27. The molecule has 0 unspecified atom stereocenters. The van der Waals surface area contributed by atoms with Crippen LogP contribution in [0, 0.1) is 0 Å². The predicted molar refractivity (Wildman–Crippen MR) is 64.3 cm³/mol. The molecule has 3 rings (SSSR count). The molecule has 0 radical (unpaired) electrons. The van der Waals surface area contributed by atoms with Crippen molar-refractivity contribution in [1.82, 2.24) is 20.2 Å². The first-order chi connectivity index (χ1) is 9.24. The zero-order chi connectivity index (χ0) is 13.2. The number of hydrogen-bond donors (Lipinski definition) is 0. The first-order valence-electron chi connectivity index (χ1n) is 5.89. The Morgan fingerprint density at radius 2 is 2.21 bits per heavy atom. The van der Waals surface area contributed by atoms with Gasteiger partial charge >= 0.3 is 0 Å². The van der Waals surface area contributed by atoms with Crippen LogP contribution in [0.3, 0.4) is 0 Å². The number of rotatable bonds is 3. The second kappa shape index (κ2) is 4.68. The molecule has 2 heterocycles. The van der Waals surface area contributed by atoms with Crippen molar-refractivity contribution >= 4 is 5.78 Å². The van der Waals surface area contributed by atoms with E-state index in [-0.39, 0.29) is 12.2 Å². The Morgan fingerprint density at radius 3 is 3.00 bits per heavy atom. The number of para-hydroxylation sites is 1. The van der Waals surface area contributed by atoms with E-state index in [4.69, 9.17) is 9.47 Å². The summed E-state index contributed by atoms with van der Waals surface area (Å²) < 4.78 is 11.0. The molecule has 0 bridgehead atoms. The molecule has 0 aliphatic carbocycles. The lowest BCUT2D eigenvalue weighted by Crippen LogP contribution is -2.18. The van der Waals surface area contributed by atoms with Crippen molar-refractivity contribution in [3.8, 4) is 11.5 Å². The molecule has 0 N–H and O–H groups in total. The molecule has 0 amide bonds. The quantitative estimate of drug-likeness (QED) is 0.743. The van der Waals surface area contributed by atoms with Gasteiger partial charge in [0.15, 0.2) is 23.1 Å². The van der Waals surface area contributed by atoms with Crippen LogP contribution >= 0.6 is 0 Å². The summed E-state index contributed by atoms with van der Waals surface area (Å²) in [5.41, 5.74) is 0.490. The average molecular weight is 260 g/mol. The average Bonchev–Trinajstić information content (AvgIpc) is 2.83. The van der Waals surface area contributed by atoms with Crippen molar-refractivity contribution in [2.24, 2.45) is 7.05 Å². The number of carbonyl (C=O) groups excluding carboxylic acids is 1. The number of aromatic nitrogens is 4. The van der Waals surface area contributed by atoms with Crippen molar-refractivity contribution in [1.29, 1.82) is 0 Å². The van der Waals surface area contributed by atoms with Gasteiger partial charge < -0.3 is 9.47 Å². The van der Waals surface area contributed by atoms with Gasteiger partial charge in [-0.2, -0.15) is 4.80 Å².